The maximum absolute atomic E-state index is 11.5. The topological polar surface area (TPSA) is 95.3 Å². The molecule has 1 N–H and O–H groups in total. The van der Waals surface area contributed by atoms with Gasteiger partial charge >= 0.3 is 11.9 Å². The highest BCUT2D eigenvalue weighted by Gasteiger charge is 2.20. The van der Waals surface area contributed by atoms with Crippen molar-refractivity contribution in [1.29, 1.82) is 0 Å². The van der Waals surface area contributed by atoms with Gasteiger partial charge in [-0.05, 0) is 13.8 Å². The molecular weight excluding hydrogens is 240 g/mol. The van der Waals surface area contributed by atoms with Crippen molar-refractivity contribution in [3.8, 4) is 0 Å². The summed E-state index contributed by atoms with van der Waals surface area (Å²) in [5, 5.41) is 7.10. The van der Waals surface area contributed by atoms with Crippen molar-refractivity contribution in [3.63, 3.8) is 0 Å². The van der Waals surface area contributed by atoms with Crippen LogP contribution in [0.1, 0.15) is 13.8 Å². The van der Waals surface area contributed by atoms with Gasteiger partial charge in [0.2, 0.25) is 0 Å². The molecule has 0 bridgehead atoms. The Morgan fingerprint density at radius 1 is 1.17 bits per heavy atom. The van der Waals surface area contributed by atoms with E-state index < -0.39 is 11.9 Å². The Bertz CT molecular complexity index is 407. The van der Waals surface area contributed by atoms with Crippen LogP contribution in [0.4, 0.5) is 0 Å². The molecule has 0 atom stereocenters. The third kappa shape index (κ3) is 3.89. The molecule has 8 heteroatoms. The van der Waals surface area contributed by atoms with Gasteiger partial charge in [-0.3, -0.25) is 5.43 Å². The zero-order chi connectivity index (χ0) is 13.4. The number of aromatic nitrogens is 3. The Labute approximate surface area is 104 Å². The van der Waals surface area contributed by atoms with Gasteiger partial charge in [-0.1, -0.05) is 0 Å². The third-order valence-electron chi connectivity index (χ3n) is 1.77. The average Bonchev–Trinajstić information content (AvgIpc) is 2.83. The van der Waals surface area contributed by atoms with E-state index in [4.69, 9.17) is 9.47 Å². The summed E-state index contributed by atoms with van der Waals surface area (Å²) in [6.45, 7) is 3.63. The lowest BCUT2D eigenvalue weighted by atomic mass is 10.3. The van der Waals surface area contributed by atoms with Gasteiger partial charge < -0.3 is 9.47 Å². The monoisotopic (exact) mass is 254 g/mol. The predicted molar refractivity (Wildman–Crippen MR) is 60.7 cm³/mol. The SMILES string of the molecule is CCOC(=O)C(=CNn1cnnc1)C(=O)OCC. The summed E-state index contributed by atoms with van der Waals surface area (Å²) in [7, 11) is 0. The van der Waals surface area contributed by atoms with E-state index in [2.05, 4.69) is 15.6 Å². The van der Waals surface area contributed by atoms with E-state index in [0.29, 0.717) is 0 Å². The van der Waals surface area contributed by atoms with E-state index in [9.17, 15) is 9.59 Å². The Balaban J connectivity index is 2.78. The van der Waals surface area contributed by atoms with Gasteiger partial charge in [-0.25, -0.2) is 14.3 Å². The van der Waals surface area contributed by atoms with E-state index in [-0.39, 0.29) is 18.8 Å². The molecule has 8 nitrogen and oxygen atoms in total. The molecule has 0 radical (unpaired) electrons. The molecule has 0 aliphatic carbocycles. The van der Waals surface area contributed by atoms with E-state index in [0.717, 1.165) is 0 Å². The quantitative estimate of drug-likeness (QED) is 0.326. The van der Waals surface area contributed by atoms with Gasteiger partial charge in [0.05, 0.1) is 13.2 Å². The Kier molecular flexibility index (Phi) is 5.36. The molecule has 98 valence electrons. The molecule has 0 aliphatic heterocycles. The zero-order valence-corrected chi connectivity index (χ0v) is 10.1. The third-order valence-corrected chi connectivity index (χ3v) is 1.77. The summed E-state index contributed by atoms with van der Waals surface area (Å²) in [5.74, 6) is -1.51. The van der Waals surface area contributed by atoms with E-state index >= 15 is 0 Å². The summed E-state index contributed by atoms with van der Waals surface area (Å²) in [6.07, 6.45) is 3.91. The number of hydrogen-bond acceptors (Lipinski definition) is 7. The van der Waals surface area contributed by atoms with Crippen molar-refractivity contribution in [3.05, 3.63) is 24.4 Å². The smallest absolute Gasteiger partial charge is 0.347 e. The van der Waals surface area contributed by atoms with Gasteiger partial charge in [-0.2, -0.15) is 0 Å². The standard InChI is InChI=1S/C10H14N4O4/c1-3-17-9(15)8(10(16)18-4-2)5-13-14-6-11-12-7-14/h5-7,13H,3-4H2,1-2H3. The van der Waals surface area contributed by atoms with Crippen molar-refractivity contribution in [2.24, 2.45) is 0 Å². The number of rotatable bonds is 6. The minimum absolute atomic E-state index is 0.169. The molecule has 1 heterocycles. The normalized spacial score (nSPS) is 9.44. The van der Waals surface area contributed by atoms with Crippen LogP contribution < -0.4 is 5.43 Å². The molecule has 0 fully saturated rings. The summed E-state index contributed by atoms with van der Waals surface area (Å²) < 4.78 is 10.9. The van der Waals surface area contributed by atoms with Crippen LogP contribution in [0.25, 0.3) is 0 Å². The molecule has 1 aromatic rings. The average molecular weight is 254 g/mol. The highest BCUT2D eigenvalue weighted by atomic mass is 16.6. The summed E-state index contributed by atoms with van der Waals surface area (Å²) in [4.78, 5) is 23.1. The largest absolute Gasteiger partial charge is 0.462 e. The first-order chi connectivity index (χ1) is 8.69. The van der Waals surface area contributed by atoms with Crippen LogP contribution in [-0.4, -0.2) is 40.0 Å². The lowest BCUT2D eigenvalue weighted by Gasteiger charge is -2.07. The van der Waals surface area contributed by atoms with Crippen LogP contribution >= 0.6 is 0 Å². The van der Waals surface area contributed by atoms with Crippen molar-refractivity contribution in [1.82, 2.24) is 14.9 Å². The number of hydrogen-bond donors (Lipinski definition) is 1. The first-order valence-electron chi connectivity index (χ1n) is 5.34. The molecule has 18 heavy (non-hydrogen) atoms. The Morgan fingerprint density at radius 2 is 1.67 bits per heavy atom. The van der Waals surface area contributed by atoms with Crippen LogP contribution in [0.15, 0.2) is 24.4 Å². The Morgan fingerprint density at radius 3 is 2.11 bits per heavy atom. The fourth-order valence-corrected chi connectivity index (χ4v) is 1.03. The van der Waals surface area contributed by atoms with Crippen molar-refractivity contribution in [2.45, 2.75) is 13.8 Å². The molecule has 0 saturated carbocycles. The molecule has 0 amide bonds. The zero-order valence-electron chi connectivity index (χ0n) is 10.1. The summed E-state index contributed by atoms with van der Waals surface area (Å²) in [5.41, 5.74) is 2.40. The van der Waals surface area contributed by atoms with Crippen LogP contribution in [0.2, 0.25) is 0 Å². The number of nitrogens with zero attached hydrogens (tertiary/aromatic N) is 3. The van der Waals surface area contributed by atoms with Crippen molar-refractivity contribution >= 4 is 11.9 Å². The number of carbonyl (C=O) groups excluding carboxylic acids is 2. The van der Waals surface area contributed by atoms with Gasteiger partial charge in [0.15, 0.2) is 5.57 Å². The fraction of sp³-hybridized carbons (Fsp3) is 0.400. The molecule has 0 saturated heterocycles. The molecule has 0 unspecified atom stereocenters. The maximum Gasteiger partial charge on any atom is 0.347 e. The predicted octanol–water partition coefficient (Wildman–Crippen LogP) is -0.168. The fourth-order valence-electron chi connectivity index (χ4n) is 1.03. The van der Waals surface area contributed by atoms with Crippen molar-refractivity contribution < 1.29 is 19.1 Å². The molecule has 0 aliphatic rings. The van der Waals surface area contributed by atoms with Crippen LogP contribution in [0.5, 0.6) is 0 Å². The van der Waals surface area contributed by atoms with Gasteiger partial charge in [0.1, 0.15) is 12.7 Å². The Hall–Kier alpha value is -2.38. The number of esters is 2. The second-order valence-corrected chi connectivity index (χ2v) is 3.00. The number of nitrogens with one attached hydrogen (secondary N) is 1. The highest BCUT2D eigenvalue weighted by Crippen LogP contribution is 2.01. The molecular formula is C10H14N4O4. The first-order valence-corrected chi connectivity index (χ1v) is 5.34. The maximum atomic E-state index is 11.5. The summed E-state index contributed by atoms with van der Waals surface area (Å²) in [6, 6.07) is 0. The van der Waals surface area contributed by atoms with Crippen LogP contribution in [0.3, 0.4) is 0 Å². The minimum atomic E-state index is -0.753. The molecule has 0 spiro atoms. The lowest BCUT2D eigenvalue weighted by Crippen LogP contribution is -2.21. The highest BCUT2D eigenvalue weighted by molar-refractivity contribution is 6.14. The molecule has 1 rings (SSSR count). The van der Waals surface area contributed by atoms with E-state index in [1.54, 1.807) is 13.8 Å². The minimum Gasteiger partial charge on any atom is -0.462 e. The number of ether oxygens (including phenoxy) is 2. The van der Waals surface area contributed by atoms with Gasteiger partial charge in [0.25, 0.3) is 0 Å². The second-order valence-electron chi connectivity index (χ2n) is 3.00. The van der Waals surface area contributed by atoms with Gasteiger partial charge in [-0.15, -0.1) is 10.2 Å². The van der Waals surface area contributed by atoms with Crippen LogP contribution in [-0.2, 0) is 19.1 Å². The van der Waals surface area contributed by atoms with Crippen LogP contribution in [0, 0.1) is 0 Å². The van der Waals surface area contributed by atoms with Crippen molar-refractivity contribution in [2.75, 3.05) is 18.6 Å². The second kappa shape index (κ2) is 7.05. The first kappa shape index (κ1) is 13.7. The van der Waals surface area contributed by atoms with E-state index in [1.165, 1.54) is 23.5 Å². The lowest BCUT2D eigenvalue weighted by molar-refractivity contribution is -0.146. The molecule has 1 aromatic heterocycles. The van der Waals surface area contributed by atoms with Gasteiger partial charge in [0, 0.05) is 6.20 Å². The summed E-state index contributed by atoms with van der Waals surface area (Å²) >= 11 is 0. The van der Waals surface area contributed by atoms with E-state index in [1.807, 2.05) is 0 Å². The number of carbonyl (C=O) groups is 2. The molecule has 0 aromatic carbocycles.